The standard InChI is InChI=1S/C20H20O3/c1-2-17(21)18(22)13-14-19(23)20(15-9-5-3-6-10-15)16-11-7-4-8-12-16/h3-12,20H,2,13-14H2,1H3. The number of Topliss-reactive ketones (excluding diaryl/α,β-unsaturated/α-hetero) is 3. The highest BCUT2D eigenvalue weighted by atomic mass is 16.2. The van der Waals surface area contributed by atoms with Gasteiger partial charge in [-0.25, -0.2) is 0 Å². The topological polar surface area (TPSA) is 51.2 Å². The van der Waals surface area contributed by atoms with Crippen molar-refractivity contribution < 1.29 is 14.4 Å². The Kier molecular flexibility index (Phi) is 5.98. The SMILES string of the molecule is CCC(=O)C(=O)CCC(=O)C(c1ccccc1)c1ccccc1. The normalized spacial score (nSPS) is 10.5. The Bertz CT molecular complexity index is 635. The summed E-state index contributed by atoms with van der Waals surface area (Å²) in [7, 11) is 0. The first-order valence-electron chi connectivity index (χ1n) is 7.82. The van der Waals surface area contributed by atoms with E-state index in [-0.39, 0.29) is 25.0 Å². The maximum Gasteiger partial charge on any atom is 0.198 e. The zero-order chi connectivity index (χ0) is 16.7. The number of benzene rings is 2. The van der Waals surface area contributed by atoms with E-state index < -0.39 is 17.5 Å². The molecule has 0 aliphatic carbocycles. The summed E-state index contributed by atoms with van der Waals surface area (Å²) in [6, 6.07) is 19.0. The molecule has 23 heavy (non-hydrogen) atoms. The molecule has 0 aromatic heterocycles. The van der Waals surface area contributed by atoms with Gasteiger partial charge in [0, 0.05) is 19.3 Å². The summed E-state index contributed by atoms with van der Waals surface area (Å²) in [5.74, 6) is -1.31. The number of carbonyl (C=O) groups is 3. The summed E-state index contributed by atoms with van der Waals surface area (Å²) >= 11 is 0. The molecule has 2 aromatic carbocycles. The lowest BCUT2D eigenvalue weighted by Gasteiger charge is -2.16. The third-order valence-corrected chi connectivity index (χ3v) is 3.82. The Hall–Kier alpha value is -2.55. The van der Waals surface area contributed by atoms with Gasteiger partial charge in [-0.1, -0.05) is 67.6 Å². The largest absolute Gasteiger partial charge is 0.299 e. The van der Waals surface area contributed by atoms with Crippen molar-refractivity contribution in [1.29, 1.82) is 0 Å². The summed E-state index contributed by atoms with van der Waals surface area (Å²) in [5.41, 5.74) is 1.80. The van der Waals surface area contributed by atoms with Crippen molar-refractivity contribution in [2.75, 3.05) is 0 Å². The first-order valence-corrected chi connectivity index (χ1v) is 7.82. The van der Waals surface area contributed by atoms with E-state index in [4.69, 9.17) is 0 Å². The Balaban J connectivity index is 2.20. The second-order valence-corrected chi connectivity index (χ2v) is 5.42. The van der Waals surface area contributed by atoms with Gasteiger partial charge in [-0.3, -0.25) is 14.4 Å². The van der Waals surface area contributed by atoms with Crippen LogP contribution in [0.3, 0.4) is 0 Å². The van der Waals surface area contributed by atoms with Gasteiger partial charge in [-0.15, -0.1) is 0 Å². The Morgan fingerprint density at radius 3 is 1.65 bits per heavy atom. The molecular formula is C20H20O3. The minimum atomic E-state index is -0.458. The average Bonchev–Trinajstić information content (AvgIpc) is 2.61. The van der Waals surface area contributed by atoms with Crippen LogP contribution >= 0.6 is 0 Å². The molecule has 0 aliphatic heterocycles. The summed E-state index contributed by atoms with van der Waals surface area (Å²) < 4.78 is 0. The highest BCUT2D eigenvalue weighted by Gasteiger charge is 2.23. The molecule has 0 aliphatic rings. The zero-order valence-electron chi connectivity index (χ0n) is 13.2. The summed E-state index contributed by atoms with van der Waals surface area (Å²) in [5, 5.41) is 0. The molecule has 118 valence electrons. The van der Waals surface area contributed by atoms with Crippen LogP contribution < -0.4 is 0 Å². The van der Waals surface area contributed by atoms with Crippen molar-refractivity contribution in [3.63, 3.8) is 0 Å². The number of carbonyl (C=O) groups excluding carboxylic acids is 3. The molecule has 0 N–H and O–H groups in total. The van der Waals surface area contributed by atoms with E-state index >= 15 is 0 Å². The van der Waals surface area contributed by atoms with Crippen LogP contribution in [0.4, 0.5) is 0 Å². The van der Waals surface area contributed by atoms with Crippen LogP contribution in [0.2, 0.25) is 0 Å². The van der Waals surface area contributed by atoms with Gasteiger partial charge in [0.1, 0.15) is 5.78 Å². The minimum absolute atomic E-state index is 0.0122. The molecule has 2 rings (SSSR count). The molecule has 0 amide bonds. The predicted molar refractivity (Wildman–Crippen MR) is 89.3 cm³/mol. The van der Waals surface area contributed by atoms with E-state index in [1.165, 1.54) is 0 Å². The lowest BCUT2D eigenvalue weighted by molar-refractivity contribution is -0.137. The van der Waals surface area contributed by atoms with E-state index in [1.807, 2.05) is 60.7 Å². The van der Waals surface area contributed by atoms with Crippen molar-refractivity contribution in [2.24, 2.45) is 0 Å². The predicted octanol–water partition coefficient (Wildman–Crippen LogP) is 3.72. The molecule has 2 aromatic rings. The van der Waals surface area contributed by atoms with Gasteiger partial charge in [0.2, 0.25) is 0 Å². The van der Waals surface area contributed by atoms with Gasteiger partial charge < -0.3 is 0 Å². The quantitative estimate of drug-likeness (QED) is 0.698. The van der Waals surface area contributed by atoms with Crippen LogP contribution in [0.5, 0.6) is 0 Å². The van der Waals surface area contributed by atoms with Crippen LogP contribution in [0.25, 0.3) is 0 Å². The van der Waals surface area contributed by atoms with Gasteiger partial charge in [-0.05, 0) is 11.1 Å². The lowest BCUT2D eigenvalue weighted by Crippen LogP contribution is -2.18. The minimum Gasteiger partial charge on any atom is -0.299 e. The molecule has 0 bridgehead atoms. The first-order chi connectivity index (χ1) is 11.1. The van der Waals surface area contributed by atoms with Crippen molar-refractivity contribution >= 4 is 17.3 Å². The van der Waals surface area contributed by atoms with E-state index in [1.54, 1.807) is 6.92 Å². The van der Waals surface area contributed by atoms with Gasteiger partial charge in [0.15, 0.2) is 11.6 Å². The summed E-state index contributed by atoms with van der Waals surface area (Å²) in [6.45, 7) is 1.65. The van der Waals surface area contributed by atoms with Crippen LogP contribution in [-0.4, -0.2) is 17.3 Å². The Morgan fingerprint density at radius 2 is 1.22 bits per heavy atom. The third kappa shape index (κ3) is 4.46. The fourth-order valence-corrected chi connectivity index (χ4v) is 2.57. The van der Waals surface area contributed by atoms with E-state index in [0.29, 0.717) is 0 Å². The van der Waals surface area contributed by atoms with Gasteiger partial charge >= 0.3 is 0 Å². The number of hydrogen-bond acceptors (Lipinski definition) is 3. The monoisotopic (exact) mass is 308 g/mol. The fraction of sp³-hybridized carbons (Fsp3) is 0.250. The molecule has 3 heteroatoms. The molecule has 0 saturated carbocycles. The molecule has 0 fully saturated rings. The first kappa shape index (κ1) is 16.8. The summed E-state index contributed by atoms with van der Waals surface area (Å²) in [6.07, 6.45) is 0.258. The van der Waals surface area contributed by atoms with E-state index in [0.717, 1.165) is 11.1 Å². The van der Waals surface area contributed by atoms with E-state index in [2.05, 4.69) is 0 Å². The summed E-state index contributed by atoms with van der Waals surface area (Å²) in [4.78, 5) is 35.7. The Labute approximate surface area is 136 Å². The van der Waals surface area contributed by atoms with Crippen molar-refractivity contribution in [2.45, 2.75) is 32.1 Å². The number of ketones is 3. The van der Waals surface area contributed by atoms with Crippen LogP contribution in [0.1, 0.15) is 43.2 Å². The van der Waals surface area contributed by atoms with Crippen LogP contribution in [0.15, 0.2) is 60.7 Å². The number of hydrogen-bond donors (Lipinski definition) is 0. The maximum atomic E-state index is 12.7. The van der Waals surface area contributed by atoms with Gasteiger partial charge in [-0.2, -0.15) is 0 Å². The van der Waals surface area contributed by atoms with Gasteiger partial charge in [0.05, 0.1) is 5.92 Å². The molecule has 0 atom stereocenters. The molecule has 0 heterocycles. The van der Waals surface area contributed by atoms with Crippen LogP contribution in [0, 0.1) is 0 Å². The average molecular weight is 308 g/mol. The lowest BCUT2D eigenvalue weighted by atomic mass is 9.85. The fourth-order valence-electron chi connectivity index (χ4n) is 2.57. The maximum absolute atomic E-state index is 12.7. The van der Waals surface area contributed by atoms with E-state index in [9.17, 15) is 14.4 Å². The number of rotatable bonds is 8. The zero-order valence-corrected chi connectivity index (χ0v) is 13.2. The molecular weight excluding hydrogens is 288 g/mol. The third-order valence-electron chi connectivity index (χ3n) is 3.82. The molecule has 0 spiro atoms. The highest BCUT2D eigenvalue weighted by Crippen LogP contribution is 2.27. The molecule has 0 unspecified atom stereocenters. The van der Waals surface area contributed by atoms with Gasteiger partial charge in [0.25, 0.3) is 0 Å². The Morgan fingerprint density at radius 1 is 0.739 bits per heavy atom. The second-order valence-electron chi connectivity index (χ2n) is 5.42. The van der Waals surface area contributed by atoms with Crippen molar-refractivity contribution in [1.82, 2.24) is 0 Å². The van der Waals surface area contributed by atoms with Crippen LogP contribution in [-0.2, 0) is 14.4 Å². The van der Waals surface area contributed by atoms with Crippen molar-refractivity contribution in [3.05, 3.63) is 71.8 Å². The highest BCUT2D eigenvalue weighted by molar-refractivity contribution is 6.37. The molecule has 0 radical (unpaired) electrons. The van der Waals surface area contributed by atoms with Crippen molar-refractivity contribution in [3.8, 4) is 0 Å². The smallest absolute Gasteiger partial charge is 0.198 e. The molecule has 0 saturated heterocycles. The molecule has 3 nitrogen and oxygen atoms in total. The second kappa shape index (κ2) is 8.18.